The Morgan fingerprint density at radius 3 is 2.50 bits per heavy atom. The van der Waals surface area contributed by atoms with Crippen molar-refractivity contribution in [2.24, 2.45) is 5.16 Å². The van der Waals surface area contributed by atoms with Crippen LogP contribution in [0, 0.1) is 6.92 Å². The van der Waals surface area contributed by atoms with E-state index in [1.807, 2.05) is 19.1 Å². The smallest absolute Gasteiger partial charge is 0.348 e. The molecule has 1 saturated heterocycles. The van der Waals surface area contributed by atoms with Gasteiger partial charge in [0.05, 0.1) is 16.5 Å². The number of esters is 2. The number of allylic oxidation sites excluding steroid dienone is 1. The summed E-state index contributed by atoms with van der Waals surface area (Å²) < 4.78 is 38.1. The molecule has 148 valence electrons. The second-order valence-corrected chi connectivity index (χ2v) is 9.07. The molecule has 9 nitrogen and oxygen atoms in total. The molecule has 0 unspecified atom stereocenters. The minimum absolute atomic E-state index is 0.132. The van der Waals surface area contributed by atoms with E-state index in [2.05, 4.69) is 14.4 Å². The highest BCUT2D eigenvalue weighted by molar-refractivity contribution is 7.85. The monoisotopic (exact) mass is 424 g/mol. The number of cyclic esters (lactones) is 2. The number of carbonyl (C=O) groups excluding carboxylic acids is 2. The van der Waals surface area contributed by atoms with Crippen LogP contribution < -0.4 is 0 Å². The predicted molar refractivity (Wildman–Crippen MR) is 101 cm³/mol. The molecule has 1 aromatic carbocycles. The molecule has 2 heterocycles. The number of benzene rings is 1. The highest BCUT2D eigenvalue weighted by Crippen LogP contribution is 2.26. The molecule has 0 spiro atoms. The van der Waals surface area contributed by atoms with Crippen molar-refractivity contribution in [3.8, 4) is 0 Å². The topological polar surface area (TPSA) is 121 Å². The molecule has 1 aliphatic rings. The SMILES string of the molecule is Cc1ccc2nc(/C(C=C3C(=O)OC(C)(C)OC3=O)=N/OS(C)(=O)=O)sc2c1. The average Bonchev–Trinajstić information content (AvgIpc) is 2.94. The van der Waals surface area contributed by atoms with E-state index in [9.17, 15) is 18.0 Å². The molecule has 11 heteroatoms. The Morgan fingerprint density at radius 2 is 1.89 bits per heavy atom. The van der Waals surface area contributed by atoms with E-state index >= 15 is 0 Å². The summed E-state index contributed by atoms with van der Waals surface area (Å²) in [6.45, 7) is 4.74. The molecule has 0 bridgehead atoms. The van der Waals surface area contributed by atoms with E-state index < -0.39 is 33.4 Å². The number of rotatable bonds is 4. The van der Waals surface area contributed by atoms with Gasteiger partial charge in [-0.3, -0.25) is 4.28 Å². The minimum atomic E-state index is -3.92. The van der Waals surface area contributed by atoms with Crippen LogP contribution in [0.5, 0.6) is 0 Å². The Balaban J connectivity index is 2.09. The number of thiazole rings is 1. The van der Waals surface area contributed by atoms with Crippen molar-refractivity contribution in [3.05, 3.63) is 40.4 Å². The van der Waals surface area contributed by atoms with Gasteiger partial charge in [0, 0.05) is 13.8 Å². The summed E-state index contributed by atoms with van der Waals surface area (Å²) in [6.07, 6.45) is 1.85. The number of nitrogens with zero attached hydrogens (tertiary/aromatic N) is 2. The van der Waals surface area contributed by atoms with Crippen molar-refractivity contribution in [1.29, 1.82) is 0 Å². The van der Waals surface area contributed by atoms with E-state index in [0.717, 1.165) is 22.6 Å². The first kappa shape index (κ1) is 20.0. The van der Waals surface area contributed by atoms with Gasteiger partial charge < -0.3 is 9.47 Å². The molecular formula is C17H16N2O7S2. The molecule has 1 fully saturated rings. The fourth-order valence-electron chi connectivity index (χ4n) is 2.29. The fraction of sp³-hybridized carbons (Fsp3) is 0.294. The first-order valence-electron chi connectivity index (χ1n) is 7.96. The van der Waals surface area contributed by atoms with Crippen molar-refractivity contribution in [3.63, 3.8) is 0 Å². The van der Waals surface area contributed by atoms with Gasteiger partial charge in [0.1, 0.15) is 16.3 Å². The van der Waals surface area contributed by atoms with Crippen LogP contribution in [0.1, 0.15) is 24.4 Å². The zero-order chi connectivity index (χ0) is 20.7. The quantitative estimate of drug-likeness (QED) is 0.240. The number of fused-ring (bicyclic) bond motifs is 1. The molecule has 1 aromatic heterocycles. The van der Waals surface area contributed by atoms with E-state index in [1.165, 1.54) is 25.2 Å². The van der Waals surface area contributed by atoms with Gasteiger partial charge in [-0.2, -0.15) is 8.42 Å². The maximum absolute atomic E-state index is 12.2. The summed E-state index contributed by atoms with van der Waals surface area (Å²) in [7, 11) is -3.92. The van der Waals surface area contributed by atoms with Gasteiger partial charge in [0.25, 0.3) is 5.79 Å². The molecule has 2 aromatic rings. The van der Waals surface area contributed by atoms with Crippen LogP contribution in [0.3, 0.4) is 0 Å². The standard InChI is InChI=1S/C17H16N2O7S2/c1-9-5-6-11-13(7-9)27-14(18-11)12(19-26-28(4,22)23)8-10-15(20)24-17(2,3)25-16(10)21/h5-8H,1-4H3/b19-12+. The highest BCUT2D eigenvalue weighted by atomic mass is 32.2. The number of carbonyl (C=O) groups is 2. The number of aryl methyl sites for hydroxylation is 1. The van der Waals surface area contributed by atoms with Gasteiger partial charge in [-0.25, -0.2) is 14.6 Å². The maximum Gasteiger partial charge on any atom is 0.348 e. The number of aromatic nitrogens is 1. The van der Waals surface area contributed by atoms with Crippen LogP contribution >= 0.6 is 11.3 Å². The summed E-state index contributed by atoms with van der Waals surface area (Å²) in [5.41, 5.74) is 1.07. The average molecular weight is 424 g/mol. The lowest BCUT2D eigenvalue weighted by Gasteiger charge is -2.29. The van der Waals surface area contributed by atoms with Crippen LogP contribution in [0.25, 0.3) is 10.2 Å². The van der Waals surface area contributed by atoms with Crippen molar-refractivity contribution in [1.82, 2.24) is 4.98 Å². The van der Waals surface area contributed by atoms with E-state index in [-0.39, 0.29) is 10.7 Å². The van der Waals surface area contributed by atoms with Crippen LogP contribution in [-0.4, -0.2) is 43.1 Å². The van der Waals surface area contributed by atoms with Gasteiger partial charge in [0.15, 0.2) is 0 Å². The van der Waals surface area contributed by atoms with Crippen molar-refractivity contribution >= 4 is 49.3 Å². The lowest BCUT2D eigenvalue weighted by Crippen LogP contribution is -2.42. The van der Waals surface area contributed by atoms with Crippen molar-refractivity contribution in [2.75, 3.05) is 6.26 Å². The summed E-state index contributed by atoms with van der Waals surface area (Å²) in [5.74, 6) is -3.25. The summed E-state index contributed by atoms with van der Waals surface area (Å²) >= 11 is 1.20. The summed E-state index contributed by atoms with van der Waals surface area (Å²) in [5, 5.41) is 3.82. The van der Waals surface area contributed by atoms with Gasteiger partial charge in [0.2, 0.25) is 0 Å². The third-order valence-corrected chi connectivity index (χ3v) is 4.82. The first-order valence-corrected chi connectivity index (χ1v) is 10.6. The highest BCUT2D eigenvalue weighted by Gasteiger charge is 2.39. The molecular weight excluding hydrogens is 408 g/mol. The molecule has 0 aliphatic carbocycles. The van der Waals surface area contributed by atoms with Gasteiger partial charge >= 0.3 is 22.1 Å². The zero-order valence-electron chi connectivity index (χ0n) is 15.4. The molecule has 3 rings (SSSR count). The number of hydrogen-bond donors (Lipinski definition) is 0. The Morgan fingerprint density at radius 1 is 1.25 bits per heavy atom. The van der Waals surface area contributed by atoms with Crippen LogP contribution in [0.4, 0.5) is 0 Å². The van der Waals surface area contributed by atoms with Gasteiger partial charge in [-0.05, 0) is 30.7 Å². The molecule has 28 heavy (non-hydrogen) atoms. The third kappa shape index (κ3) is 4.54. The summed E-state index contributed by atoms with van der Waals surface area (Å²) in [4.78, 5) is 28.7. The molecule has 0 radical (unpaired) electrons. The predicted octanol–water partition coefficient (Wildman–Crippen LogP) is 2.05. The molecule has 1 aliphatic heterocycles. The van der Waals surface area contributed by atoms with Crippen LogP contribution in [-0.2, 0) is 33.5 Å². The van der Waals surface area contributed by atoms with Crippen molar-refractivity contribution < 1.29 is 31.8 Å². The van der Waals surface area contributed by atoms with Gasteiger partial charge in [-0.1, -0.05) is 11.2 Å². The Bertz CT molecular complexity index is 1120. The van der Waals surface area contributed by atoms with Gasteiger partial charge in [-0.15, -0.1) is 11.3 Å². The lowest BCUT2D eigenvalue weighted by atomic mass is 10.1. The van der Waals surface area contributed by atoms with Crippen LogP contribution in [0.15, 0.2) is 35.0 Å². The van der Waals surface area contributed by atoms with Crippen molar-refractivity contribution in [2.45, 2.75) is 26.6 Å². The molecule has 0 amide bonds. The first-order chi connectivity index (χ1) is 12.9. The molecule has 0 N–H and O–H groups in total. The number of hydrogen-bond acceptors (Lipinski definition) is 10. The van der Waals surface area contributed by atoms with E-state index in [0.29, 0.717) is 5.52 Å². The molecule has 0 atom stereocenters. The second-order valence-electron chi connectivity index (χ2n) is 6.48. The Hall–Kier alpha value is -2.79. The number of oxime groups is 1. The maximum atomic E-state index is 12.2. The summed E-state index contributed by atoms with van der Waals surface area (Å²) in [6, 6.07) is 5.55. The third-order valence-electron chi connectivity index (χ3n) is 3.43. The van der Waals surface area contributed by atoms with Crippen LogP contribution in [0.2, 0.25) is 0 Å². The largest absolute Gasteiger partial charge is 0.419 e. The fourth-order valence-corrected chi connectivity index (χ4v) is 3.52. The Labute approximate surface area is 164 Å². The number of ether oxygens (including phenoxy) is 2. The second kappa shape index (κ2) is 6.99. The lowest BCUT2D eigenvalue weighted by molar-refractivity contribution is -0.222. The van der Waals surface area contributed by atoms with E-state index in [4.69, 9.17) is 9.47 Å². The Kier molecular flexibility index (Phi) is 4.98. The zero-order valence-corrected chi connectivity index (χ0v) is 17.0. The minimum Gasteiger partial charge on any atom is -0.419 e. The van der Waals surface area contributed by atoms with E-state index in [1.54, 1.807) is 6.07 Å². The normalized spacial score (nSPS) is 17.3. The molecule has 0 saturated carbocycles.